The first-order valence-corrected chi connectivity index (χ1v) is 12.2. The summed E-state index contributed by atoms with van der Waals surface area (Å²) < 4.78 is 16.5. The van der Waals surface area contributed by atoms with Crippen LogP contribution in [0.3, 0.4) is 0 Å². The fourth-order valence-corrected chi connectivity index (χ4v) is 5.26. The molecule has 2 fully saturated rings. The first kappa shape index (κ1) is 26.4. The number of rotatable bonds is 8. The van der Waals surface area contributed by atoms with Crippen LogP contribution in [0.2, 0.25) is 0 Å². The summed E-state index contributed by atoms with van der Waals surface area (Å²) >= 11 is 0. The number of methoxy groups -OCH3 is 1. The summed E-state index contributed by atoms with van der Waals surface area (Å²) in [5.74, 6) is 2.49. The van der Waals surface area contributed by atoms with Crippen LogP contribution < -0.4 is 19.5 Å². The predicted molar refractivity (Wildman–Crippen MR) is 132 cm³/mol. The van der Waals surface area contributed by atoms with E-state index in [1.807, 2.05) is 17.0 Å². The van der Waals surface area contributed by atoms with Crippen molar-refractivity contribution in [2.75, 3.05) is 33.5 Å². The summed E-state index contributed by atoms with van der Waals surface area (Å²) in [5.41, 5.74) is 0.346. The quantitative estimate of drug-likeness (QED) is 0.595. The van der Waals surface area contributed by atoms with Crippen molar-refractivity contribution < 1.29 is 23.8 Å². The van der Waals surface area contributed by atoms with E-state index in [0.717, 1.165) is 38.0 Å². The molecule has 3 heterocycles. The number of carbonyl (C=O) groups excluding carboxylic acids is 2. The van der Waals surface area contributed by atoms with Gasteiger partial charge in [0.25, 0.3) is 0 Å². The highest BCUT2D eigenvalue weighted by atomic mass is 35.5. The van der Waals surface area contributed by atoms with Crippen LogP contribution in [0.25, 0.3) is 0 Å². The van der Waals surface area contributed by atoms with Gasteiger partial charge in [0.05, 0.1) is 7.11 Å². The van der Waals surface area contributed by atoms with Crippen LogP contribution >= 0.6 is 12.4 Å². The molecule has 9 heteroatoms. The van der Waals surface area contributed by atoms with E-state index < -0.39 is 11.6 Å². The Balaban J connectivity index is 0.00000324. The molecule has 1 spiro atoms. The maximum absolute atomic E-state index is 13.4. The molecule has 1 N–H and O–H groups in total. The Hall–Kier alpha value is -2.19. The normalized spacial score (nSPS) is 21.6. The second-order valence-electron chi connectivity index (χ2n) is 9.84. The second-order valence-corrected chi connectivity index (χ2v) is 9.84. The van der Waals surface area contributed by atoms with Gasteiger partial charge in [0, 0.05) is 26.2 Å². The molecule has 8 nitrogen and oxygen atoms in total. The molecule has 3 aliphatic rings. The molecule has 34 heavy (non-hydrogen) atoms. The van der Waals surface area contributed by atoms with E-state index in [4.69, 9.17) is 14.2 Å². The van der Waals surface area contributed by atoms with Crippen LogP contribution in [0.5, 0.6) is 17.2 Å². The van der Waals surface area contributed by atoms with Crippen LogP contribution in [-0.2, 0) is 16.1 Å². The molecule has 0 unspecified atom stereocenters. The monoisotopic (exact) mass is 495 g/mol. The molecule has 190 valence electrons. The van der Waals surface area contributed by atoms with Crippen LogP contribution in [-0.4, -0.2) is 66.7 Å². The van der Waals surface area contributed by atoms with E-state index in [1.54, 1.807) is 7.11 Å². The van der Waals surface area contributed by atoms with Gasteiger partial charge in [0.1, 0.15) is 11.6 Å². The van der Waals surface area contributed by atoms with E-state index in [2.05, 4.69) is 31.0 Å². The minimum atomic E-state index is -0.733. The number of hydrogen-bond donors (Lipinski definition) is 1. The van der Waals surface area contributed by atoms with Gasteiger partial charge in [-0.3, -0.25) is 14.5 Å². The van der Waals surface area contributed by atoms with Gasteiger partial charge in [-0.25, -0.2) is 0 Å². The van der Waals surface area contributed by atoms with Crippen LogP contribution in [0.1, 0.15) is 58.4 Å². The number of nitrogens with zero attached hydrogens (tertiary/aromatic N) is 2. The molecule has 2 saturated heterocycles. The summed E-state index contributed by atoms with van der Waals surface area (Å²) in [7, 11) is 1.63. The fraction of sp³-hybridized carbons (Fsp3) is 0.680. The number of piperazine rings is 1. The van der Waals surface area contributed by atoms with Crippen molar-refractivity contribution in [3.8, 4) is 17.2 Å². The topological polar surface area (TPSA) is 80.3 Å². The van der Waals surface area contributed by atoms with Gasteiger partial charge < -0.3 is 24.4 Å². The van der Waals surface area contributed by atoms with Gasteiger partial charge >= 0.3 is 0 Å². The summed E-state index contributed by atoms with van der Waals surface area (Å²) in [4.78, 5) is 31.0. The van der Waals surface area contributed by atoms with Gasteiger partial charge in [-0.2, -0.15) is 0 Å². The molecule has 2 amide bonds. The summed E-state index contributed by atoms with van der Waals surface area (Å²) in [6.07, 6.45) is 3.88. The van der Waals surface area contributed by atoms with Crippen LogP contribution in [0.4, 0.5) is 0 Å². The molecule has 0 bridgehead atoms. The maximum atomic E-state index is 13.4. The van der Waals surface area contributed by atoms with Crippen LogP contribution in [0.15, 0.2) is 12.1 Å². The molecule has 1 aromatic rings. The third kappa shape index (κ3) is 5.08. The van der Waals surface area contributed by atoms with Gasteiger partial charge in [0.15, 0.2) is 11.5 Å². The van der Waals surface area contributed by atoms with E-state index in [1.165, 1.54) is 0 Å². The number of likely N-dealkylation sites (tertiary alicyclic amines) is 1. The number of unbranched alkanes of at least 4 members (excludes halogenated alkanes) is 1. The number of halogens is 1. The van der Waals surface area contributed by atoms with Gasteiger partial charge in [-0.15, -0.1) is 12.4 Å². The van der Waals surface area contributed by atoms with E-state index in [0.29, 0.717) is 49.0 Å². The lowest BCUT2D eigenvalue weighted by molar-refractivity contribution is -0.161. The largest absolute Gasteiger partial charge is 0.493 e. The van der Waals surface area contributed by atoms with E-state index in [9.17, 15) is 9.59 Å². The first-order valence-electron chi connectivity index (χ1n) is 12.2. The smallest absolute Gasteiger partial charge is 0.246 e. The highest BCUT2D eigenvalue weighted by Gasteiger charge is 2.53. The molecule has 3 aliphatic heterocycles. The lowest BCUT2D eigenvalue weighted by Crippen LogP contribution is -2.73. The number of nitrogens with one attached hydrogen (secondary N) is 1. The van der Waals surface area contributed by atoms with Crippen molar-refractivity contribution in [2.45, 2.75) is 71.0 Å². The Morgan fingerprint density at radius 2 is 1.94 bits per heavy atom. The molecule has 1 aromatic carbocycles. The first-order chi connectivity index (χ1) is 15.9. The summed E-state index contributed by atoms with van der Waals surface area (Å²) in [5, 5.41) is 3.08. The van der Waals surface area contributed by atoms with Crippen LogP contribution in [0, 0.1) is 5.92 Å². The fourth-order valence-electron chi connectivity index (χ4n) is 5.26. The molecule has 0 radical (unpaired) electrons. The SMILES string of the molecule is CCCCN1C(=O)[C@H](CC(C)C)NC(=O)C12CCN(Cc1cc(OC)c3c(c1)OCO3)CC2.Cl. The summed E-state index contributed by atoms with van der Waals surface area (Å²) in [6, 6.07) is 3.58. The molecule has 4 rings (SSSR count). The minimum Gasteiger partial charge on any atom is -0.493 e. The zero-order chi connectivity index (χ0) is 23.6. The third-order valence-corrected chi connectivity index (χ3v) is 7.06. The van der Waals surface area contributed by atoms with Crippen molar-refractivity contribution in [1.82, 2.24) is 15.1 Å². The van der Waals surface area contributed by atoms with Crippen molar-refractivity contribution in [3.63, 3.8) is 0 Å². The number of benzene rings is 1. The minimum absolute atomic E-state index is 0. The molecular weight excluding hydrogens is 458 g/mol. The number of carbonyl (C=O) groups is 2. The zero-order valence-electron chi connectivity index (χ0n) is 20.7. The molecule has 0 aromatic heterocycles. The van der Waals surface area contributed by atoms with Crippen molar-refractivity contribution in [1.29, 1.82) is 0 Å². The Bertz CT molecular complexity index is 886. The summed E-state index contributed by atoms with van der Waals surface area (Å²) in [6.45, 7) is 9.36. The Morgan fingerprint density at radius 1 is 1.21 bits per heavy atom. The van der Waals surface area contributed by atoms with Crippen molar-refractivity contribution >= 4 is 24.2 Å². The molecule has 0 aliphatic carbocycles. The average Bonchev–Trinajstić information content (AvgIpc) is 3.27. The highest BCUT2D eigenvalue weighted by Crippen LogP contribution is 2.42. The standard InChI is InChI=1S/C25H37N3O5.ClH/c1-5-6-9-28-23(29)19(12-17(2)3)26-24(30)25(28)7-10-27(11-8-25)15-18-13-20(31-4)22-21(14-18)32-16-33-22;/h13-14,17,19H,5-12,15-16H2,1-4H3,(H,26,30);1H/t19-;/m0./s1. The van der Waals surface area contributed by atoms with Crippen molar-refractivity contribution in [2.24, 2.45) is 5.92 Å². The van der Waals surface area contributed by atoms with Crippen molar-refractivity contribution in [3.05, 3.63) is 17.7 Å². The van der Waals surface area contributed by atoms with E-state index in [-0.39, 0.29) is 31.0 Å². The maximum Gasteiger partial charge on any atom is 0.246 e. The Morgan fingerprint density at radius 3 is 2.59 bits per heavy atom. The second kappa shape index (κ2) is 11.0. The Labute approximate surface area is 208 Å². The number of piperidine rings is 1. The third-order valence-electron chi connectivity index (χ3n) is 7.06. The van der Waals surface area contributed by atoms with Gasteiger partial charge in [-0.1, -0.05) is 27.2 Å². The van der Waals surface area contributed by atoms with Gasteiger partial charge in [-0.05, 0) is 49.3 Å². The predicted octanol–water partition coefficient (Wildman–Crippen LogP) is 3.35. The zero-order valence-corrected chi connectivity index (χ0v) is 21.5. The molecular formula is C25H38ClN3O5. The average molecular weight is 496 g/mol. The van der Waals surface area contributed by atoms with E-state index >= 15 is 0 Å². The molecule has 0 saturated carbocycles. The number of ether oxygens (including phenoxy) is 3. The number of hydrogen-bond acceptors (Lipinski definition) is 6. The lowest BCUT2D eigenvalue weighted by atomic mass is 9.80. The lowest BCUT2D eigenvalue weighted by Gasteiger charge is -2.52. The number of fused-ring (bicyclic) bond motifs is 1. The molecule has 1 atom stereocenters. The highest BCUT2D eigenvalue weighted by molar-refractivity contribution is 6.00. The number of amides is 2. The Kier molecular flexibility index (Phi) is 8.57. The van der Waals surface area contributed by atoms with Gasteiger partial charge in [0.2, 0.25) is 24.4 Å².